The van der Waals surface area contributed by atoms with Crippen molar-refractivity contribution in [2.75, 3.05) is 5.32 Å². The molecule has 1 aromatic heterocycles. The Labute approximate surface area is 189 Å². The van der Waals surface area contributed by atoms with Crippen molar-refractivity contribution in [3.8, 4) is 5.75 Å². The van der Waals surface area contributed by atoms with Gasteiger partial charge in [-0.15, -0.1) is 0 Å². The second-order valence-electron chi connectivity index (χ2n) is 8.58. The number of carbonyl (C=O) groups is 4. The van der Waals surface area contributed by atoms with E-state index in [-0.39, 0.29) is 42.6 Å². The van der Waals surface area contributed by atoms with Crippen LogP contribution < -0.4 is 21.1 Å². The number of carbonyl (C=O) groups excluding carboxylic acids is 4. The van der Waals surface area contributed by atoms with Crippen LogP contribution in [-0.4, -0.2) is 51.7 Å². The van der Waals surface area contributed by atoms with E-state index in [1.54, 1.807) is 30.3 Å². The highest BCUT2D eigenvalue weighted by Gasteiger charge is 2.39. The fourth-order valence-corrected chi connectivity index (χ4v) is 4.33. The third kappa shape index (κ3) is 4.17. The summed E-state index contributed by atoms with van der Waals surface area (Å²) in [5.74, 6) is -0.848. The fourth-order valence-electron chi connectivity index (χ4n) is 4.33. The smallest absolute Gasteiger partial charge is 0.274 e. The second-order valence-corrected chi connectivity index (χ2v) is 8.58. The average molecular weight is 449 g/mol. The molecule has 10 nitrogen and oxygen atoms in total. The molecule has 1 saturated heterocycles. The Bertz CT molecular complexity index is 1140. The van der Waals surface area contributed by atoms with Crippen LogP contribution in [0.1, 0.15) is 52.1 Å². The predicted octanol–water partition coefficient (Wildman–Crippen LogP) is 0.963. The lowest BCUT2D eigenvalue weighted by Gasteiger charge is -2.32. The zero-order valence-corrected chi connectivity index (χ0v) is 17.7. The number of piperidine rings is 1. The van der Waals surface area contributed by atoms with Crippen LogP contribution in [0.25, 0.3) is 0 Å². The molecule has 1 saturated carbocycles. The summed E-state index contributed by atoms with van der Waals surface area (Å²) in [6.45, 7) is 0.235. The van der Waals surface area contributed by atoms with Gasteiger partial charge < -0.3 is 20.7 Å². The molecule has 2 aromatic rings. The lowest BCUT2D eigenvalue weighted by atomic mass is 9.90. The number of anilines is 1. The SMILES string of the molecule is NC1CC(Oc2ccc(C(=O)Nc3ccc4c(c3)CN(C3CCC(=O)NC3=O)C4=O)nc2)C1. The van der Waals surface area contributed by atoms with Gasteiger partial charge in [0.05, 0.1) is 6.20 Å². The summed E-state index contributed by atoms with van der Waals surface area (Å²) in [6.07, 6.45) is 3.72. The Morgan fingerprint density at radius 3 is 2.70 bits per heavy atom. The number of aromatic nitrogens is 1. The quantitative estimate of drug-likeness (QED) is 0.577. The van der Waals surface area contributed by atoms with Crippen LogP contribution in [0.4, 0.5) is 5.69 Å². The maximum Gasteiger partial charge on any atom is 0.274 e. The molecule has 1 unspecified atom stereocenters. The number of nitrogens with two attached hydrogens (primary N) is 1. The second kappa shape index (κ2) is 8.28. The first-order chi connectivity index (χ1) is 15.9. The molecule has 4 amide bonds. The monoisotopic (exact) mass is 449 g/mol. The predicted molar refractivity (Wildman–Crippen MR) is 116 cm³/mol. The number of hydrogen-bond acceptors (Lipinski definition) is 7. The van der Waals surface area contributed by atoms with Crippen LogP contribution >= 0.6 is 0 Å². The maximum absolute atomic E-state index is 12.8. The molecule has 0 radical (unpaired) electrons. The van der Waals surface area contributed by atoms with Gasteiger partial charge in [0.1, 0.15) is 23.6 Å². The molecule has 3 aliphatic rings. The van der Waals surface area contributed by atoms with Crippen molar-refractivity contribution in [2.24, 2.45) is 5.73 Å². The van der Waals surface area contributed by atoms with Crippen molar-refractivity contribution in [2.45, 2.75) is 50.4 Å². The zero-order chi connectivity index (χ0) is 23.1. The van der Waals surface area contributed by atoms with Gasteiger partial charge in [-0.3, -0.25) is 24.5 Å². The van der Waals surface area contributed by atoms with Crippen molar-refractivity contribution in [1.29, 1.82) is 0 Å². The van der Waals surface area contributed by atoms with E-state index in [4.69, 9.17) is 10.5 Å². The highest BCUT2D eigenvalue weighted by Crippen LogP contribution is 2.30. The maximum atomic E-state index is 12.8. The topological polar surface area (TPSA) is 144 Å². The first kappa shape index (κ1) is 21.1. The van der Waals surface area contributed by atoms with Crippen LogP contribution in [0.3, 0.4) is 0 Å². The largest absolute Gasteiger partial charge is 0.489 e. The van der Waals surface area contributed by atoms with E-state index in [0.717, 1.165) is 12.8 Å². The molecule has 0 spiro atoms. The molecule has 3 heterocycles. The Kier molecular flexibility index (Phi) is 5.29. The van der Waals surface area contributed by atoms with Gasteiger partial charge in [-0.2, -0.15) is 0 Å². The van der Waals surface area contributed by atoms with Gasteiger partial charge in [0, 0.05) is 30.3 Å². The minimum absolute atomic E-state index is 0.0929. The zero-order valence-electron chi connectivity index (χ0n) is 17.7. The lowest BCUT2D eigenvalue weighted by Crippen LogP contribution is -2.52. The molecular weight excluding hydrogens is 426 g/mol. The molecule has 2 fully saturated rings. The van der Waals surface area contributed by atoms with E-state index in [1.165, 1.54) is 11.1 Å². The highest BCUT2D eigenvalue weighted by molar-refractivity contribution is 6.06. The number of benzene rings is 1. The van der Waals surface area contributed by atoms with E-state index in [1.807, 2.05) is 0 Å². The summed E-state index contributed by atoms with van der Waals surface area (Å²) < 4.78 is 5.75. The standard InChI is InChI=1S/C23H23N5O5/c24-13-8-16(9-13)33-15-2-4-18(25-10-15)21(30)26-14-1-3-17-12(7-14)11-28(23(17)32)19-5-6-20(29)27-22(19)31/h1-4,7,10,13,16,19H,5-6,8-9,11,24H2,(H,26,30)(H,27,29,31). The normalized spacial score (nSPS) is 24.1. The van der Waals surface area contributed by atoms with Gasteiger partial charge in [-0.25, -0.2) is 4.98 Å². The van der Waals surface area contributed by atoms with Gasteiger partial charge in [-0.05, 0) is 55.2 Å². The Morgan fingerprint density at radius 2 is 2.00 bits per heavy atom. The number of nitrogens with one attached hydrogen (secondary N) is 2. The lowest BCUT2D eigenvalue weighted by molar-refractivity contribution is -0.136. The number of nitrogens with zero attached hydrogens (tertiary/aromatic N) is 2. The molecule has 1 aliphatic carbocycles. The number of fused-ring (bicyclic) bond motifs is 1. The van der Waals surface area contributed by atoms with E-state index in [0.29, 0.717) is 29.0 Å². The molecule has 0 bridgehead atoms. The Morgan fingerprint density at radius 1 is 1.18 bits per heavy atom. The highest BCUT2D eigenvalue weighted by atomic mass is 16.5. The Balaban J connectivity index is 1.23. The minimum Gasteiger partial charge on any atom is -0.489 e. The van der Waals surface area contributed by atoms with Gasteiger partial charge in [-0.1, -0.05) is 0 Å². The molecule has 33 heavy (non-hydrogen) atoms. The molecule has 10 heteroatoms. The van der Waals surface area contributed by atoms with Crippen LogP contribution in [0, 0.1) is 0 Å². The molecular formula is C23H23N5O5. The van der Waals surface area contributed by atoms with Crippen molar-refractivity contribution in [1.82, 2.24) is 15.2 Å². The average Bonchev–Trinajstić information content (AvgIpc) is 3.08. The van der Waals surface area contributed by atoms with Crippen molar-refractivity contribution < 1.29 is 23.9 Å². The van der Waals surface area contributed by atoms with Crippen LogP contribution in [0.15, 0.2) is 36.5 Å². The number of hydrogen-bond donors (Lipinski definition) is 3. The van der Waals surface area contributed by atoms with Crippen LogP contribution in [0.5, 0.6) is 5.75 Å². The summed E-state index contributed by atoms with van der Waals surface area (Å²) in [6, 6.07) is 7.78. The fraction of sp³-hybridized carbons (Fsp3) is 0.348. The third-order valence-corrected chi connectivity index (χ3v) is 6.18. The van der Waals surface area contributed by atoms with Crippen molar-refractivity contribution in [3.63, 3.8) is 0 Å². The van der Waals surface area contributed by atoms with Crippen LogP contribution in [-0.2, 0) is 16.1 Å². The number of ether oxygens (including phenoxy) is 1. The summed E-state index contributed by atoms with van der Waals surface area (Å²) in [7, 11) is 0. The number of pyridine rings is 1. The summed E-state index contributed by atoms with van der Waals surface area (Å²) in [4.78, 5) is 54.6. The molecule has 4 N–H and O–H groups in total. The molecule has 170 valence electrons. The summed E-state index contributed by atoms with van der Waals surface area (Å²) in [5.41, 5.74) is 7.69. The first-order valence-corrected chi connectivity index (χ1v) is 10.8. The minimum atomic E-state index is -0.679. The van der Waals surface area contributed by atoms with E-state index >= 15 is 0 Å². The number of amides is 4. The molecule has 5 rings (SSSR count). The van der Waals surface area contributed by atoms with Gasteiger partial charge in [0.25, 0.3) is 11.8 Å². The van der Waals surface area contributed by atoms with E-state index in [2.05, 4.69) is 15.6 Å². The summed E-state index contributed by atoms with van der Waals surface area (Å²) >= 11 is 0. The summed E-state index contributed by atoms with van der Waals surface area (Å²) in [5, 5.41) is 5.07. The Hall–Kier alpha value is -3.79. The molecule has 1 aromatic carbocycles. The van der Waals surface area contributed by atoms with Crippen molar-refractivity contribution in [3.05, 3.63) is 53.3 Å². The van der Waals surface area contributed by atoms with Gasteiger partial charge in [0.15, 0.2) is 0 Å². The van der Waals surface area contributed by atoms with Gasteiger partial charge in [0.2, 0.25) is 11.8 Å². The van der Waals surface area contributed by atoms with E-state index < -0.39 is 17.9 Å². The molecule has 2 aliphatic heterocycles. The van der Waals surface area contributed by atoms with Crippen LogP contribution in [0.2, 0.25) is 0 Å². The van der Waals surface area contributed by atoms with Crippen molar-refractivity contribution >= 4 is 29.3 Å². The number of imide groups is 1. The third-order valence-electron chi connectivity index (χ3n) is 6.18. The first-order valence-electron chi connectivity index (χ1n) is 10.8. The van der Waals surface area contributed by atoms with E-state index in [9.17, 15) is 19.2 Å². The number of rotatable bonds is 5. The van der Waals surface area contributed by atoms with Gasteiger partial charge >= 0.3 is 0 Å². The molecule has 1 atom stereocenters.